The van der Waals surface area contributed by atoms with Crippen molar-refractivity contribution < 1.29 is 9.13 Å². The summed E-state index contributed by atoms with van der Waals surface area (Å²) in [5, 5.41) is 2.00. The first-order valence-electron chi connectivity index (χ1n) is 6.36. The maximum atomic E-state index is 13.6. The quantitative estimate of drug-likeness (QED) is 0.871. The first kappa shape index (κ1) is 14.2. The second-order valence-electron chi connectivity index (χ2n) is 4.41. The topological polar surface area (TPSA) is 35.2 Å². The molecule has 1 aromatic carbocycles. The number of rotatable bonds is 6. The average Bonchev–Trinajstić information content (AvgIpc) is 2.94. The van der Waals surface area contributed by atoms with E-state index in [4.69, 9.17) is 10.5 Å². The van der Waals surface area contributed by atoms with Crippen molar-refractivity contribution in [3.8, 4) is 0 Å². The van der Waals surface area contributed by atoms with Crippen molar-refractivity contribution in [1.82, 2.24) is 0 Å². The van der Waals surface area contributed by atoms with Gasteiger partial charge in [0.25, 0.3) is 0 Å². The van der Waals surface area contributed by atoms with Crippen LogP contribution in [0.1, 0.15) is 29.9 Å². The Labute approximate surface area is 117 Å². The van der Waals surface area contributed by atoms with Gasteiger partial charge in [0.2, 0.25) is 0 Å². The van der Waals surface area contributed by atoms with Crippen LogP contribution in [0.2, 0.25) is 0 Å². The molecule has 0 bridgehead atoms. The highest BCUT2D eigenvalue weighted by molar-refractivity contribution is 7.10. The van der Waals surface area contributed by atoms with Crippen LogP contribution in [0.25, 0.3) is 0 Å². The molecule has 0 aliphatic rings. The summed E-state index contributed by atoms with van der Waals surface area (Å²) in [6.45, 7) is 2.26. The molecule has 2 unspecified atom stereocenters. The van der Waals surface area contributed by atoms with E-state index in [1.165, 1.54) is 6.07 Å². The minimum absolute atomic E-state index is 0.0783. The predicted octanol–water partition coefficient (Wildman–Crippen LogP) is 3.88. The largest absolute Gasteiger partial charge is 0.366 e. The first-order chi connectivity index (χ1) is 9.22. The lowest BCUT2D eigenvalue weighted by Gasteiger charge is -2.22. The van der Waals surface area contributed by atoms with Gasteiger partial charge in [-0.1, -0.05) is 31.2 Å². The van der Waals surface area contributed by atoms with Crippen LogP contribution in [0, 0.1) is 5.82 Å². The summed E-state index contributed by atoms with van der Waals surface area (Å²) in [5.41, 5.74) is 6.66. The molecule has 0 spiro atoms. The lowest BCUT2D eigenvalue weighted by atomic mass is 10.1. The van der Waals surface area contributed by atoms with Gasteiger partial charge in [0, 0.05) is 16.5 Å². The van der Waals surface area contributed by atoms with Crippen LogP contribution in [-0.4, -0.2) is 6.04 Å². The third kappa shape index (κ3) is 3.62. The SMILES string of the molecule is CCC(N)C(OCc1ccccc1F)c1cccs1. The standard InChI is InChI=1S/C15H18FNOS/c1-2-13(17)15(14-8-5-9-19-14)18-10-11-6-3-4-7-12(11)16/h3-9,13,15H,2,10,17H2,1H3. The van der Waals surface area contributed by atoms with Crippen molar-refractivity contribution in [2.75, 3.05) is 0 Å². The summed E-state index contributed by atoms with van der Waals surface area (Å²) in [4.78, 5) is 1.09. The van der Waals surface area contributed by atoms with Crippen LogP contribution in [-0.2, 0) is 11.3 Å². The Kier molecular flexibility index (Phi) is 5.07. The Morgan fingerprint density at radius 2 is 2.05 bits per heavy atom. The van der Waals surface area contributed by atoms with Crippen molar-refractivity contribution in [3.63, 3.8) is 0 Å². The van der Waals surface area contributed by atoms with Crippen LogP contribution in [0.3, 0.4) is 0 Å². The highest BCUT2D eigenvalue weighted by Crippen LogP contribution is 2.27. The molecule has 0 fully saturated rings. The summed E-state index contributed by atoms with van der Waals surface area (Å²) in [5.74, 6) is -0.238. The fourth-order valence-corrected chi connectivity index (χ4v) is 2.73. The number of hydrogen-bond donors (Lipinski definition) is 1. The van der Waals surface area contributed by atoms with Crippen molar-refractivity contribution in [2.45, 2.75) is 32.1 Å². The second-order valence-corrected chi connectivity index (χ2v) is 5.39. The van der Waals surface area contributed by atoms with E-state index >= 15 is 0 Å². The van der Waals surface area contributed by atoms with Gasteiger partial charge in [-0.15, -0.1) is 11.3 Å². The summed E-state index contributed by atoms with van der Waals surface area (Å²) >= 11 is 1.62. The Bertz CT molecular complexity index is 501. The molecule has 2 rings (SSSR count). The molecule has 4 heteroatoms. The minimum atomic E-state index is -0.238. The van der Waals surface area contributed by atoms with Gasteiger partial charge in [0.1, 0.15) is 11.9 Å². The lowest BCUT2D eigenvalue weighted by molar-refractivity contribution is 0.0222. The minimum Gasteiger partial charge on any atom is -0.366 e. The maximum absolute atomic E-state index is 13.6. The van der Waals surface area contributed by atoms with Gasteiger partial charge < -0.3 is 10.5 Å². The molecule has 0 saturated heterocycles. The zero-order chi connectivity index (χ0) is 13.7. The molecule has 0 saturated carbocycles. The van der Waals surface area contributed by atoms with Gasteiger partial charge in [-0.25, -0.2) is 4.39 Å². The summed E-state index contributed by atoms with van der Waals surface area (Å²) in [7, 11) is 0. The molecular weight excluding hydrogens is 261 g/mol. The predicted molar refractivity (Wildman–Crippen MR) is 76.5 cm³/mol. The molecule has 2 N–H and O–H groups in total. The number of nitrogens with two attached hydrogens (primary N) is 1. The number of thiophene rings is 1. The smallest absolute Gasteiger partial charge is 0.128 e. The fourth-order valence-electron chi connectivity index (χ4n) is 1.88. The fraction of sp³-hybridized carbons (Fsp3) is 0.333. The molecule has 2 aromatic rings. The molecule has 2 nitrogen and oxygen atoms in total. The van der Waals surface area contributed by atoms with E-state index < -0.39 is 0 Å². The average molecular weight is 279 g/mol. The van der Waals surface area contributed by atoms with Crippen molar-refractivity contribution in [1.29, 1.82) is 0 Å². The number of ether oxygens (including phenoxy) is 1. The van der Waals surface area contributed by atoms with E-state index in [1.807, 2.05) is 30.5 Å². The third-order valence-corrected chi connectivity index (χ3v) is 3.99. The highest BCUT2D eigenvalue weighted by Gasteiger charge is 2.20. The monoisotopic (exact) mass is 279 g/mol. The molecular formula is C15H18FNOS. The molecule has 0 aliphatic carbocycles. The van der Waals surface area contributed by atoms with Gasteiger partial charge >= 0.3 is 0 Å². The number of hydrogen-bond acceptors (Lipinski definition) is 3. The van der Waals surface area contributed by atoms with Crippen molar-refractivity contribution in [3.05, 3.63) is 58.0 Å². The van der Waals surface area contributed by atoms with E-state index in [1.54, 1.807) is 23.5 Å². The third-order valence-electron chi connectivity index (χ3n) is 3.06. The number of halogens is 1. The van der Waals surface area contributed by atoms with E-state index in [-0.39, 0.29) is 24.6 Å². The summed E-state index contributed by atoms with van der Waals surface area (Å²) in [6, 6.07) is 10.6. The van der Waals surface area contributed by atoms with Crippen LogP contribution in [0.5, 0.6) is 0 Å². The van der Waals surface area contributed by atoms with Crippen LogP contribution < -0.4 is 5.73 Å². The van der Waals surface area contributed by atoms with Crippen LogP contribution in [0.15, 0.2) is 41.8 Å². The normalized spacial score (nSPS) is 14.3. The number of benzene rings is 1. The molecule has 1 aromatic heterocycles. The molecule has 1 heterocycles. The Hall–Kier alpha value is -1.23. The molecule has 0 aliphatic heterocycles. The van der Waals surface area contributed by atoms with Crippen molar-refractivity contribution >= 4 is 11.3 Å². The molecule has 0 amide bonds. The van der Waals surface area contributed by atoms with Crippen LogP contribution in [0.4, 0.5) is 4.39 Å². The summed E-state index contributed by atoms with van der Waals surface area (Å²) < 4.78 is 19.4. The van der Waals surface area contributed by atoms with Gasteiger partial charge in [-0.05, 0) is 23.9 Å². The Balaban J connectivity index is 2.07. The Morgan fingerprint density at radius 3 is 2.68 bits per heavy atom. The highest BCUT2D eigenvalue weighted by atomic mass is 32.1. The Morgan fingerprint density at radius 1 is 1.26 bits per heavy atom. The lowest BCUT2D eigenvalue weighted by Crippen LogP contribution is -2.29. The van der Waals surface area contributed by atoms with Gasteiger partial charge in [0.15, 0.2) is 0 Å². The van der Waals surface area contributed by atoms with Gasteiger partial charge in [-0.3, -0.25) is 0 Å². The van der Waals surface area contributed by atoms with Gasteiger partial charge in [-0.2, -0.15) is 0 Å². The van der Waals surface area contributed by atoms with E-state index in [9.17, 15) is 4.39 Å². The van der Waals surface area contributed by atoms with E-state index in [2.05, 4.69) is 0 Å². The second kappa shape index (κ2) is 6.80. The van der Waals surface area contributed by atoms with Crippen molar-refractivity contribution in [2.24, 2.45) is 5.73 Å². The molecule has 102 valence electrons. The van der Waals surface area contributed by atoms with Gasteiger partial charge in [0.05, 0.1) is 6.61 Å². The molecule has 0 radical (unpaired) electrons. The molecule has 19 heavy (non-hydrogen) atoms. The van der Waals surface area contributed by atoms with E-state index in [0.29, 0.717) is 5.56 Å². The van der Waals surface area contributed by atoms with E-state index in [0.717, 1.165) is 11.3 Å². The van der Waals surface area contributed by atoms with Crippen LogP contribution >= 0.6 is 11.3 Å². The maximum Gasteiger partial charge on any atom is 0.128 e. The zero-order valence-electron chi connectivity index (χ0n) is 10.9. The first-order valence-corrected chi connectivity index (χ1v) is 7.24. The zero-order valence-corrected chi connectivity index (χ0v) is 11.7. The summed E-state index contributed by atoms with van der Waals surface area (Å²) in [6.07, 6.45) is 0.643. The molecule has 2 atom stereocenters.